The third-order valence-corrected chi connectivity index (χ3v) is 4.66. The average molecular weight is 367 g/mol. The van der Waals surface area contributed by atoms with Gasteiger partial charge >= 0.3 is 0 Å². The van der Waals surface area contributed by atoms with Crippen LogP contribution in [-0.2, 0) is 6.42 Å². The molecule has 1 unspecified atom stereocenters. The molecule has 0 radical (unpaired) electrons. The highest BCUT2D eigenvalue weighted by atomic mass is 35.5. The topological polar surface area (TPSA) is 64.3 Å². The highest BCUT2D eigenvalue weighted by Crippen LogP contribution is 2.33. The average Bonchev–Trinajstić information content (AvgIpc) is 2.98. The van der Waals surface area contributed by atoms with Gasteiger partial charge in [0.2, 0.25) is 0 Å². The lowest BCUT2D eigenvalue weighted by atomic mass is 10.0. The van der Waals surface area contributed by atoms with E-state index in [1.165, 1.54) is 18.2 Å². The molecule has 128 valence electrons. The molecule has 0 spiro atoms. The maximum Gasteiger partial charge on any atom is 0.255 e. The van der Waals surface area contributed by atoms with Crippen molar-refractivity contribution >= 4 is 35.6 Å². The number of aryl methyl sites for hydroxylation is 1. The van der Waals surface area contributed by atoms with Gasteiger partial charge in [0.15, 0.2) is 0 Å². The fourth-order valence-electron chi connectivity index (χ4n) is 3.08. The number of nitrogens with one attached hydrogen (secondary N) is 1. The molecule has 0 aromatic heterocycles. The second kappa shape index (κ2) is 7.77. The number of benzene rings is 2. The number of fused-ring (bicyclic) bond motifs is 1. The minimum Gasteiger partial charge on any atom is -0.496 e. The predicted octanol–water partition coefficient (Wildman–Crippen LogP) is 3.81. The Morgan fingerprint density at radius 1 is 1.38 bits per heavy atom. The number of halogens is 2. The summed E-state index contributed by atoms with van der Waals surface area (Å²) >= 11 is 6.02. The smallest absolute Gasteiger partial charge is 0.255 e. The molecule has 4 nitrogen and oxygen atoms in total. The van der Waals surface area contributed by atoms with Crippen molar-refractivity contribution in [1.82, 2.24) is 5.32 Å². The fourth-order valence-corrected chi connectivity index (χ4v) is 3.25. The van der Waals surface area contributed by atoms with Crippen LogP contribution in [0.25, 0.3) is 0 Å². The first-order valence-corrected chi connectivity index (χ1v) is 7.97. The van der Waals surface area contributed by atoms with Crippen molar-refractivity contribution in [3.8, 4) is 5.75 Å². The van der Waals surface area contributed by atoms with Crippen LogP contribution in [0, 0.1) is 0 Å². The molecule has 1 aliphatic carbocycles. The van der Waals surface area contributed by atoms with Crippen molar-refractivity contribution in [1.29, 1.82) is 0 Å². The maximum absolute atomic E-state index is 12.5. The number of rotatable bonds is 4. The monoisotopic (exact) mass is 366 g/mol. The van der Waals surface area contributed by atoms with E-state index in [-0.39, 0.29) is 18.3 Å². The quantitative estimate of drug-likeness (QED) is 0.808. The Morgan fingerprint density at radius 3 is 2.88 bits per heavy atom. The largest absolute Gasteiger partial charge is 0.496 e. The van der Waals surface area contributed by atoms with Gasteiger partial charge in [-0.25, -0.2) is 0 Å². The van der Waals surface area contributed by atoms with Gasteiger partial charge in [0.25, 0.3) is 5.91 Å². The zero-order valence-electron chi connectivity index (χ0n) is 13.3. The van der Waals surface area contributed by atoms with Crippen LogP contribution in [-0.4, -0.2) is 19.6 Å². The Bertz CT molecular complexity index is 750. The number of carbonyl (C=O) groups is 1. The third-order valence-electron chi connectivity index (χ3n) is 4.33. The van der Waals surface area contributed by atoms with E-state index in [9.17, 15) is 4.79 Å². The van der Waals surface area contributed by atoms with Gasteiger partial charge in [-0.05, 0) is 30.0 Å². The number of hydrogen-bond donors (Lipinski definition) is 2. The third kappa shape index (κ3) is 3.60. The van der Waals surface area contributed by atoms with E-state index in [1.807, 2.05) is 6.07 Å². The first kappa shape index (κ1) is 18.4. The zero-order chi connectivity index (χ0) is 16.4. The van der Waals surface area contributed by atoms with E-state index in [0.717, 1.165) is 12.8 Å². The van der Waals surface area contributed by atoms with Gasteiger partial charge in [-0.2, -0.15) is 0 Å². The first-order valence-electron chi connectivity index (χ1n) is 7.59. The van der Waals surface area contributed by atoms with Gasteiger partial charge in [-0.3, -0.25) is 4.79 Å². The van der Waals surface area contributed by atoms with Crippen LogP contribution in [0.5, 0.6) is 5.75 Å². The number of hydrogen-bond acceptors (Lipinski definition) is 3. The fraction of sp³-hybridized carbons (Fsp3) is 0.278. The van der Waals surface area contributed by atoms with Gasteiger partial charge in [0.1, 0.15) is 5.75 Å². The minimum atomic E-state index is -0.201. The summed E-state index contributed by atoms with van der Waals surface area (Å²) in [6.07, 6.45) is 2.12. The summed E-state index contributed by atoms with van der Waals surface area (Å²) in [5.41, 5.74) is 9.25. The SMILES string of the molecule is COc1cc(N)c(Cl)cc1C(=O)NCC1CCc2ccccc21.Cl. The van der Waals surface area contributed by atoms with Crippen molar-refractivity contribution in [2.75, 3.05) is 19.4 Å². The van der Waals surface area contributed by atoms with Gasteiger partial charge in [0.05, 0.1) is 23.4 Å². The van der Waals surface area contributed by atoms with Crippen molar-refractivity contribution in [3.05, 3.63) is 58.1 Å². The molecule has 0 fully saturated rings. The minimum absolute atomic E-state index is 0. The summed E-state index contributed by atoms with van der Waals surface area (Å²) in [7, 11) is 1.51. The molecule has 0 saturated carbocycles. The van der Waals surface area contributed by atoms with Gasteiger partial charge in [0, 0.05) is 18.5 Å². The van der Waals surface area contributed by atoms with E-state index in [0.29, 0.717) is 34.5 Å². The van der Waals surface area contributed by atoms with Crippen LogP contribution >= 0.6 is 24.0 Å². The molecule has 0 bridgehead atoms. The molecule has 0 saturated heterocycles. The highest BCUT2D eigenvalue weighted by Gasteiger charge is 2.23. The van der Waals surface area contributed by atoms with Crippen LogP contribution in [0.3, 0.4) is 0 Å². The first-order chi connectivity index (χ1) is 11.1. The molecule has 0 heterocycles. The molecular formula is C18H20Cl2N2O2. The summed E-state index contributed by atoms with van der Waals surface area (Å²) in [5, 5.41) is 3.33. The summed E-state index contributed by atoms with van der Waals surface area (Å²) in [6.45, 7) is 0.598. The lowest BCUT2D eigenvalue weighted by Gasteiger charge is -2.15. The number of methoxy groups -OCH3 is 1. The molecule has 3 N–H and O–H groups in total. The van der Waals surface area contributed by atoms with Crippen LogP contribution < -0.4 is 15.8 Å². The van der Waals surface area contributed by atoms with Crippen LogP contribution in [0.2, 0.25) is 5.02 Å². The summed E-state index contributed by atoms with van der Waals surface area (Å²) in [4.78, 5) is 12.5. The molecule has 2 aromatic carbocycles. The Morgan fingerprint density at radius 2 is 2.12 bits per heavy atom. The van der Waals surface area contributed by atoms with Crippen LogP contribution in [0.1, 0.15) is 33.8 Å². The van der Waals surface area contributed by atoms with Gasteiger partial charge in [-0.1, -0.05) is 35.9 Å². The molecular weight excluding hydrogens is 347 g/mol. The molecule has 1 aliphatic rings. The molecule has 1 amide bonds. The summed E-state index contributed by atoms with van der Waals surface area (Å²) in [5.74, 6) is 0.578. The second-order valence-electron chi connectivity index (χ2n) is 5.72. The van der Waals surface area contributed by atoms with E-state index in [2.05, 4.69) is 23.5 Å². The summed E-state index contributed by atoms with van der Waals surface area (Å²) < 4.78 is 5.23. The van der Waals surface area contributed by atoms with Crippen molar-refractivity contribution in [3.63, 3.8) is 0 Å². The number of ether oxygens (including phenoxy) is 1. The Labute approximate surface area is 152 Å². The number of carbonyl (C=O) groups excluding carboxylic acids is 1. The molecule has 0 aliphatic heterocycles. The Hall–Kier alpha value is -1.91. The number of anilines is 1. The van der Waals surface area contributed by atoms with Crippen molar-refractivity contribution in [2.24, 2.45) is 0 Å². The highest BCUT2D eigenvalue weighted by molar-refractivity contribution is 6.33. The number of amides is 1. The molecule has 3 rings (SSSR count). The van der Waals surface area contributed by atoms with E-state index in [4.69, 9.17) is 22.1 Å². The molecule has 2 aromatic rings. The van der Waals surface area contributed by atoms with Crippen molar-refractivity contribution in [2.45, 2.75) is 18.8 Å². The molecule has 24 heavy (non-hydrogen) atoms. The van der Waals surface area contributed by atoms with Crippen molar-refractivity contribution < 1.29 is 9.53 Å². The summed E-state index contributed by atoms with van der Waals surface area (Å²) in [6, 6.07) is 11.5. The van der Waals surface area contributed by atoms with Crippen LogP contribution in [0.4, 0.5) is 5.69 Å². The predicted molar refractivity (Wildman–Crippen MR) is 99.5 cm³/mol. The lowest BCUT2D eigenvalue weighted by Crippen LogP contribution is -2.28. The Balaban J connectivity index is 0.00000208. The lowest BCUT2D eigenvalue weighted by molar-refractivity contribution is 0.0948. The number of nitrogen functional groups attached to an aromatic ring is 1. The van der Waals surface area contributed by atoms with Gasteiger partial charge < -0.3 is 15.8 Å². The second-order valence-corrected chi connectivity index (χ2v) is 6.13. The van der Waals surface area contributed by atoms with E-state index in [1.54, 1.807) is 12.1 Å². The van der Waals surface area contributed by atoms with E-state index < -0.39 is 0 Å². The molecule has 1 atom stereocenters. The number of nitrogens with two attached hydrogens (primary N) is 1. The standard InChI is InChI=1S/C18H19ClN2O2.ClH/c1-23-17-9-16(20)15(19)8-14(17)18(22)21-10-12-7-6-11-4-2-3-5-13(11)12;/h2-5,8-9,12H,6-7,10,20H2,1H3,(H,21,22);1H. The Kier molecular flexibility index (Phi) is 5.97. The maximum atomic E-state index is 12.5. The van der Waals surface area contributed by atoms with E-state index >= 15 is 0 Å². The normalized spacial score (nSPS) is 15.3. The van der Waals surface area contributed by atoms with Gasteiger partial charge in [-0.15, -0.1) is 12.4 Å². The zero-order valence-corrected chi connectivity index (χ0v) is 14.9. The van der Waals surface area contributed by atoms with Crippen LogP contribution in [0.15, 0.2) is 36.4 Å². The molecule has 6 heteroatoms.